The van der Waals surface area contributed by atoms with Gasteiger partial charge in [-0.15, -0.1) is 0 Å². The van der Waals surface area contributed by atoms with Gasteiger partial charge in [0.1, 0.15) is 0 Å². The topological polar surface area (TPSA) is 46.2 Å². The van der Waals surface area contributed by atoms with E-state index in [0.29, 0.717) is 0 Å². The molecule has 0 saturated carbocycles. The fourth-order valence-electron chi connectivity index (χ4n) is 1.13. The van der Waals surface area contributed by atoms with E-state index in [4.69, 9.17) is 0 Å². The summed E-state index contributed by atoms with van der Waals surface area (Å²) in [5.74, 6) is -0.154. The number of nitrogens with one attached hydrogen (secondary N) is 1. The Bertz CT molecular complexity index is 231. The monoisotopic (exact) mass is 217 g/mol. The highest BCUT2D eigenvalue weighted by Crippen LogP contribution is 2.18. The minimum atomic E-state index is -0.711. The predicted molar refractivity (Wildman–Crippen MR) is 60.5 cm³/mol. The summed E-state index contributed by atoms with van der Waals surface area (Å²) in [6, 6.07) is -0.444. The van der Waals surface area contributed by atoms with Crippen LogP contribution in [-0.4, -0.2) is 22.5 Å². The van der Waals surface area contributed by atoms with Gasteiger partial charge < -0.3 is 5.32 Å². The minimum Gasteiger partial charge on any atom is -0.346 e. The maximum Gasteiger partial charge on any atom is 0.217 e. The molecule has 0 heterocycles. The van der Waals surface area contributed by atoms with E-state index in [1.807, 2.05) is 13.8 Å². The second-order valence-corrected chi connectivity index (χ2v) is 5.46. The summed E-state index contributed by atoms with van der Waals surface area (Å²) in [6.45, 7) is 8.68. The zero-order valence-corrected chi connectivity index (χ0v) is 10.3. The third kappa shape index (κ3) is 4.13. The van der Waals surface area contributed by atoms with Gasteiger partial charge in [-0.25, -0.2) is 0 Å². The first-order valence-corrected chi connectivity index (χ1v) is 5.14. The molecule has 0 radical (unpaired) electrons. The van der Waals surface area contributed by atoms with Crippen LogP contribution in [0.4, 0.5) is 0 Å². The zero-order chi connectivity index (χ0) is 11.5. The molecule has 0 aliphatic rings. The molecular weight excluding hydrogens is 198 g/mol. The molecule has 0 aromatic carbocycles. The Kier molecular flexibility index (Phi) is 4.65. The van der Waals surface area contributed by atoms with Crippen LogP contribution >= 0.6 is 12.6 Å². The standard InChI is InChI=1S/C10H19NO2S/c1-6(2)8(11-7(3)12)9(13)10(4,5)14/h6,8,14H,1-5H3,(H,11,12)/t8-/m0/s1. The zero-order valence-electron chi connectivity index (χ0n) is 9.42. The van der Waals surface area contributed by atoms with E-state index < -0.39 is 10.8 Å². The summed E-state index contributed by atoms with van der Waals surface area (Å²) in [5.41, 5.74) is 0. The molecule has 0 aliphatic heterocycles. The van der Waals surface area contributed by atoms with Gasteiger partial charge in [0.15, 0.2) is 5.78 Å². The Labute approximate surface area is 91.1 Å². The summed E-state index contributed by atoms with van der Waals surface area (Å²) in [4.78, 5) is 22.8. The molecule has 0 saturated heterocycles. The highest BCUT2D eigenvalue weighted by atomic mass is 32.1. The highest BCUT2D eigenvalue weighted by molar-refractivity contribution is 7.82. The summed E-state index contributed by atoms with van der Waals surface area (Å²) in [7, 11) is 0. The average Bonchev–Trinajstić information content (AvgIpc) is 1.96. The Morgan fingerprint density at radius 3 is 1.93 bits per heavy atom. The number of amides is 1. The molecule has 1 atom stereocenters. The number of hydrogen-bond acceptors (Lipinski definition) is 3. The summed E-state index contributed by atoms with van der Waals surface area (Å²) in [5, 5.41) is 2.65. The van der Waals surface area contributed by atoms with Crippen molar-refractivity contribution in [3.63, 3.8) is 0 Å². The lowest BCUT2D eigenvalue weighted by Gasteiger charge is -2.27. The Morgan fingerprint density at radius 2 is 1.71 bits per heavy atom. The SMILES string of the molecule is CC(=O)N[C@H](C(=O)C(C)(C)S)C(C)C. The third-order valence-electron chi connectivity index (χ3n) is 1.91. The number of ketones is 1. The second-order valence-electron chi connectivity index (χ2n) is 4.35. The highest BCUT2D eigenvalue weighted by Gasteiger charge is 2.32. The van der Waals surface area contributed by atoms with Gasteiger partial charge >= 0.3 is 0 Å². The van der Waals surface area contributed by atoms with Gasteiger partial charge in [-0.2, -0.15) is 12.6 Å². The summed E-state index contributed by atoms with van der Waals surface area (Å²) < 4.78 is -0.711. The van der Waals surface area contributed by atoms with E-state index in [1.165, 1.54) is 6.92 Å². The van der Waals surface area contributed by atoms with Crippen LogP contribution in [0.15, 0.2) is 0 Å². The molecule has 0 rings (SSSR count). The lowest BCUT2D eigenvalue weighted by atomic mass is 9.92. The molecule has 1 amide bonds. The third-order valence-corrected chi connectivity index (χ3v) is 2.13. The van der Waals surface area contributed by atoms with Crippen molar-refractivity contribution in [3.8, 4) is 0 Å². The lowest BCUT2D eigenvalue weighted by Crippen LogP contribution is -2.49. The maximum atomic E-state index is 11.9. The van der Waals surface area contributed by atoms with Gasteiger partial charge in [-0.3, -0.25) is 9.59 Å². The van der Waals surface area contributed by atoms with E-state index in [0.717, 1.165) is 0 Å². The number of hydrogen-bond donors (Lipinski definition) is 2. The maximum absolute atomic E-state index is 11.9. The Balaban J connectivity index is 4.67. The average molecular weight is 217 g/mol. The molecule has 0 unspecified atom stereocenters. The van der Waals surface area contributed by atoms with Gasteiger partial charge in [0.25, 0.3) is 0 Å². The van der Waals surface area contributed by atoms with Crippen molar-refractivity contribution in [1.82, 2.24) is 5.32 Å². The largest absolute Gasteiger partial charge is 0.346 e. The Morgan fingerprint density at radius 1 is 1.29 bits per heavy atom. The van der Waals surface area contributed by atoms with Crippen LogP contribution in [0.2, 0.25) is 0 Å². The van der Waals surface area contributed by atoms with Gasteiger partial charge in [-0.1, -0.05) is 13.8 Å². The van der Waals surface area contributed by atoms with Crippen molar-refractivity contribution in [3.05, 3.63) is 0 Å². The van der Waals surface area contributed by atoms with Crippen molar-refractivity contribution in [1.29, 1.82) is 0 Å². The lowest BCUT2D eigenvalue weighted by molar-refractivity contribution is -0.128. The molecule has 4 heteroatoms. The molecule has 1 N–H and O–H groups in total. The van der Waals surface area contributed by atoms with Gasteiger partial charge in [0.05, 0.1) is 10.8 Å². The number of carbonyl (C=O) groups excluding carboxylic acids is 2. The van der Waals surface area contributed by atoms with Crippen molar-refractivity contribution in [2.45, 2.75) is 45.4 Å². The first-order chi connectivity index (χ1) is 6.16. The van der Waals surface area contributed by atoms with E-state index in [-0.39, 0.29) is 17.6 Å². The van der Waals surface area contributed by atoms with Crippen LogP contribution in [0.25, 0.3) is 0 Å². The van der Waals surface area contributed by atoms with Crippen LogP contribution in [0.5, 0.6) is 0 Å². The molecule has 0 fully saturated rings. The Hall–Kier alpha value is -0.510. The van der Waals surface area contributed by atoms with Crippen molar-refractivity contribution < 1.29 is 9.59 Å². The predicted octanol–water partition coefficient (Wildman–Crippen LogP) is 1.42. The molecule has 14 heavy (non-hydrogen) atoms. The molecular formula is C10H19NO2S. The number of Topliss-reactive ketones (excluding diaryl/α,β-unsaturated/α-hetero) is 1. The minimum absolute atomic E-state index is 0.0500. The molecule has 0 bridgehead atoms. The fourth-order valence-corrected chi connectivity index (χ4v) is 1.27. The van der Waals surface area contributed by atoms with Crippen LogP contribution in [0, 0.1) is 5.92 Å². The normalized spacial score (nSPS) is 13.9. The quantitative estimate of drug-likeness (QED) is 0.700. The van der Waals surface area contributed by atoms with Crippen LogP contribution in [0.3, 0.4) is 0 Å². The van der Waals surface area contributed by atoms with E-state index in [9.17, 15) is 9.59 Å². The van der Waals surface area contributed by atoms with Crippen molar-refractivity contribution in [2.24, 2.45) is 5.92 Å². The molecule has 3 nitrogen and oxygen atoms in total. The molecule has 0 aromatic heterocycles. The van der Waals surface area contributed by atoms with Gasteiger partial charge in [-0.05, 0) is 19.8 Å². The van der Waals surface area contributed by atoms with Crippen molar-refractivity contribution >= 4 is 24.3 Å². The number of carbonyl (C=O) groups is 2. The van der Waals surface area contributed by atoms with Crippen LogP contribution < -0.4 is 5.32 Å². The summed E-state index contributed by atoms with van der Waals surface area (Å²) in [6.07, 6.45) is 0. The fraction of sp³-hybridized carbons (Fsp3) is 0.800. The first-order valence-electron chi connectivity index (χ1n) is 4.70. The molecule has 0 aliphatic carbocycles. The smallest absolute Gasteiger partial charge is 0.217 e. The van der Waals surface area contributed by atoms with Crippen molar-refractivity contribution in [2.75, 3.05) is 0 Å². The van der Waals surface area contributed by atoms with E-state index in [1.54, 1.807) is 13.8 Å². The molecule has 82 valence electrons. The van der Waals surface area contributed by atoms with E-state index in [2.05, 4.69) is 17.9 Å². The molecule has 0 aromatic rings. The second kappa shape index (κ2) is 4.82. The van der Waals surface area contributed by atoms with Gasteiger partial charge in [0, 0.05) is 6.92 Å². The van der Waals surface area contributed by atoms with E-state index >= 15 is 0 Å². The summed E-state index contributed by atoms with van der Waals surface area (Å²) >= 11 is 4.21. The first kappa shape index (κ1) is 13.5. The van der Waals surface area contributed by atoms with Crippen LogP contribution in [-0.2, 0) is 9.59 Å². The number of thiol groups is 1. The molecule has 0 spiro atoms. The number of rotatable bonds is 4. The van der Waals surface area contributed by atoms with Crippen LogP contribution in [0.1, 0.15) is 34.6 Å². The van der Waals surface area contributed by atoms with Gasteiger partial charge in [0.2, 0.25) is 5.91 Å².